The Morgan fingerprint density at radius 1 is 0.960 bits per heavy atom. The van der Waals surface area contributed by atoms with Crippen molar-refractivity contribution < 1.29 is 9.53 Å². The highest BCUT2D eigenvalue weighted by atomic mass is 16.5. The van der Waals surface area contributed by atoms with E-state index in [1.54, 1.807) is 7.11 Å². The number of Topliss-reactive ketones (excluding diaryl/α,β-unsaturated/α-hetero) is 1. The normalized spacial score (nSPS) is 16.4. The average molecular weight is 329 g/mol. The molecule has 1 atom stereocenters. The Morgan fingerprint density at radius 3 is 2.44 bits per heavy atom. The van der Waals surface area contributed by atoms with Crippen LogP contribution in [-0.2, 0) is 6.42 Å². The number of hydrogen-bond acceptors (Lipinski definition) is 3. The molecule has 0 N–H and O–H groups in total. The van der Waals surface area contributed by atoms with Crippen LogP contribution < -0.4 is 4.74 Å². The zero-order valence-electron chi connectivity index (χ0n) is 14.1. The fourth-order valence-corrected chi connectivity index (χ4v) is 3.57. The molecule has 1 aliphatic rings. The number of rotatable bonds is 3. The number of fused-ring (bicyclic) bond motifs is 1. The van der Waals surface area contributed by atoms with E-state index in [1.807, 2.05) is 66.9 Å². The molecule has 124 valence electrons. The van der Waals surface area contributed by atoms with E-state index in [1.165, 1.54) is 0 Å². The molecular weight excluding hydrogens is 310 g/mol. The summed E-state index contributed by atoms with van der Waals surface area (Å²) in [6.07, 6.45) is 3.11. The maximum absolute atomic E-state index is 12.9. The highest BCUT2D eigenvalue weighted by Crippen LogP contribution is 2.36. The summed E-state index contributed by atoms with van der Waals surface area (Å²) in [7, 11) is 1.66. The molecule has 2 aromatic carbocycles. The molecule has 0 radical (unpaired) electrons. The van der Waals surface area contributed by atoms with Crippen LogP contribution in [0.1, 0.15) is 34.0 Å². The molecule has 0 saturated carbocycles. The van der Waals surface area contributed by atoms with Crippen molar-refractivity contribution in [3.05, 3.63) is 83.7 Å². The van der Waals surface area contributed by atoms with Gasteiger partial charge in [0.2, 0.25) is 0 Å². The molecule has 1 aliphatic carbocycles. The van der Waals surface area contributed by atoms with Crippen LogP contribution in [0.5, 0.6) is 5.75 Å². The van der Waals surface area contributed by atoms with Gasteiger partial charge in [0, 0.05) is 18.2 Å². The van der Waals surface area contributed by atoms with Crippen molar-refractivity contribution in [2.75, 3.05) is 7.11 Å². The first kappa shape index (κ1) is 15.6. The lowest BCUT2D eigenvalue weighted by Crippen LogP contribution is -2.21. The summed E-state index contributed by atoms with van der Waals surface area (Å²) in [4.78, 5) is 17.4. The molecule has 25 heavy (non-hydrogen) atoms. The van der Waals surface area contributed by atoms with Gasteiger partial charge in [-0.3, -0.25) is 9.78 Å². The Labute approximate surface area is 147 Å². The van der Waals surface area contributed by atoms with E-state index in [4.69, 9.17) is 4.74 Å². The molecule has 3 heteroatoms. The number of pyridine rings is 1. The van der Waals surface area contributed by atoms with Crippen molar-refractivity contribution in [2.24, 2.45) is 0 Å². The minimum atomic E-state index is 0.171. The quantitative estimate of drug-likeness (QED) is 0.701. The number of nitrogens with zero attached hydrogens (tertiary/aromatic N) is 1. The number of carbonyl (C=O) groups is 1. The molecule has 0 fully saturated rings. The third-order valence-corrected chi connectivity index (χ3v) is 4.85. The van der Waals surface area contributed by atoms with Crippen molar-refractivity contribution in [3.8, 4) is 16.9 Å². The SMILES string of the molecule is COc1ccc([C@@H]2CC(=O)c3c(-c4ccccc4)ccnc3C2)cc1. The maximum atomic E-state index is 12.9. The molecular formula is C22H19NO2. The monoisotopic (exact) mass is 329 g/mol. The molecule has 3 aromatic rings. The first-order chi connectivity index (χ1) is 12.3. The molecule has 0 unspecified atom stereocenters. The fourth-order valence-electron chi connectivity index (χ4n) is 3.57. The largest absolute Gasteiger partial charge is 0.497 e. The Bertz CT molecular complexity index is 901. The molecule has 0 aliphatic heterocycles. The lowest BCUT2D eigenvalue weighted by Gasteiger charge is -2.25. The van der Waals surface area contributed by atoms with E-state index >= 15 is 0 Å². The van der Waals surface area contributed by atoms with Gasteiger partial charge in [-0.2, -0.15) is 0 Å². The molecule has 1 heterocycles. The highest BCUT2D eigenvalue weighted by molar-refractivity contribution is 6.04. The van der Waals surface area contributed by atoms with Gasteiger partial charge in [0.15, 0.2) is 5.78 Å². The summed E-state index contributed by atoms with van der Waals surface area (Å²) < 4.78 is 5.22. The summed E-state index contributed by atoms with van der Waals surface area (Å²) in [5, 5.41) is 0. The smallest absolute Gasteiger partial charge is 0.165 e. The zero-order valence-corrected chi connectivity index (χ0v) is 14.1. The predicted octanol–water partition coefficient (Wildman–Crippen LogP) is 4.67. The van der Waals surface area contributed by atoms with Crippen molar-refractivity contribution in [1.82, 2.24) is 4.98 Å². The molecule has 0 bridgehead atoms. The van der Waals surface area contributed by atoms with Crippen LogP contribution in [-0.4, -0.2) is 17.9 Å². The van der Waals surface area contributed by atoms with E-state index in [0.29, 0.717) is 6.42 Å². The summed E-state index contributed by atoms with van der Waals surface area (Å²) >= 11 is 0. The van der Waals surface area contributed by atoms with Gasteiger partial charge in [-0.25, -0.2) is 0 Å². The molecule has 0 amide bonds. The van der Waals surface area contributed by atoms with Gasteiger partial charge >= 0.3 is 0 Å². The minimum absolute atomic E-state index is 0.171. The summed E-state index contributed by atoms with van der Waals surface area (Å²) in [6, 6.07) is 20.0. The first-order valence-electron chi connectivity index (χ1n) is 8.46. The van der Waals surface area contributed by atoms with E-state index in [-0.39, 0.29) is 11.7 Å². The number of benzene rings is 2. The molecule has 4 rings (SSSR count). The van der Waals surface area contributed by atoms with Gasteiger partial charge in [-0.15, -0.1) is 0 Å². The second-order valence-electron chi connectivity index (χ2n) is 6.35. The van der Waals surface area contributed by atoms with Crippen LogP contribution in [0.3, 0.4) is 0 Å². The van der Waals surface area contributed by atoms with Gasteiger partial charge in [-0.05, 0) is 47.2 Å². The van der Waals surface area contributed by atoms with E-state index in [2.05, 4.69) is 4.98 Å². The van der Waals surface area contributed by atoms with Crippen LogP contribution in [0, 0.1) is 0 Å². The average Bonchev–Trinajstić information content (AvgIpc) is 2.68. The van der Waals surface area contributed by atoms with Crippen LogP contribution in [0.15, 0.2) is 66.9 Å². The van der Waals surface area contributed by atoms with Gasteiger partial charge in [0.05, 0.1) is 12.8 Å². The second-order valence-corrected chi connectivity index (χ2v) is 6.35. The lowest BCUT2D eigenvalue weighted by molar-refractivity contribution is 0.0964. The Hall–Kier alpha value is -2.94. The van der Waals surface area contributed by atoms with Crippen molar-refractivity contribution >= 4 is 5.78 Å². The number of hydrogen-bond donors (Lipinski definition) is 0. The highest BCUT2D eigenvalue weighted by Gasteiger charge is 2.29. The topological polar surface area (TPSA) is 39.2 Å². The van der Waals surface area contributed by atoms with E-state index < -0.39 is 0 Å². The van der Waals surface area contributed by atoms with Crippen molar-refractivity contribution in [1.29, 1.82) is 0 Å². The Morgan fingerprint density at radius 2 is 1.72 bits per heavy atom. The number of methoxy groups -OCH3 is 1. The molecule has 0 spiro atoms. The third kappa shape index (κ3) is 2.93. The summed E-state index contributed by atoms with van der Waals surface area (Å²) in [5.41, 5.74) is 4.91. The lowest BCUT2D eigenvalue weighted by atomic mass is 9.79. The van der Waals surface area contributed by atoms with E-state index in [0.717, 1.165) is 40.1 Å². The molecule has 0 saturated heterocycles. The molecule has 3 nitrogen and oxygen atoms in total. The number of aromatic nitrogens is 1. The zero-order chi connectivity index (χ0) is 17.2. The predicted molar refractivity (Wildman–Crippen MR) is 98.1 cm³/mol. The first-order valence-corrected chi connectivity index (χ1v) is 8.46. The number of carbonyl (C=O) groups excluding carboxylic acids is 1. The summed E-state index contributed by atoms with van der Waals surface area (Å²) in [6.45, 7) is 0. The maximum Gasteiger partial charge on any atom is 0.165 e. The van der Waals surface area contributed by atoms with Crippen LogP contribution in [0.2, 0.25) is 0 Å². The van der Waals surface area contributed by atoms with E-state index in [9.17, 15) is 4.79 Å². The van der Waals surface area contributed by atoms with Gasteiger partial charge in [-0.1, -0.05) is 42.5 Å². The third-order valence-electron chi connectivity index (χ3n) is 4.85. The van der Waals surface area contributed by atoms with Gasteiger partial charge < -0.3 is 4.74 Å². The molecule has 1 aromatic heterocycles. The Balaban J connectivity index is 1.71. The summed E-state index contributed by atoms with van der Waals surface area (Å²) in [5.74, 6) is 1.18. The minimum Gasteiger partial charge on any atom is -0.497 e. The van der Waals surface area contributed by atoms with Crippen LogP contribution in [0.25, 0.3) is 11.1 Å². The van der Waals surface area contributed by atoms with Crippen molar-refractivity contribution in [2.45, 2.75) is 18.8 Å². The standard InChI is InChI=1S/C22H19NO2/c1-25-18-9-7-15(8-10-18)17-13-20-22(21(24)14-17)19(11-12-23-20)16-5-3-2-4-6-16/h2-12,17H,13-14H2,1H3/t17-/m0/s1. The van der Waals surface area contributed by atoms with Gasteiger partial charge in [0.1, 0.15) is 5.75 Å². The Kier molecular flexibility index (Phi) is 4.06. The fraction of sp³-hybridized carbons (Fsp3) is 0.182. The van der Waals surface area contributed by atoms with Gasteiger partial charge in [0.25, 0.3) is 0 Å². The number of ether oxygens (including phenoxy) is 1. The van der Waals surface area contributed by atoms with Crippen LogP contribution >= 0.6 is 0 Å². The number of ketones is 1. The second kappa shape index (κ2) is 6.52. The van der Waals surface area contributed by atoms with Crippen LogP contribution in [0.4, 0.5) is 0 Å². The van der Waals surface area contributed by atoms with Crippen molar-refractivity contribution in [3.63, 3.8) is 0 Å².